The minimum Gasteiger partial charge on any atom is -0.370 e. The summed E-state index contributed by atoms with van der Waals surface area (Å²) in [6, 6.07) is 4.18. The fourth-order valence-corrected chi connectivity index (χ4v) is 2.99. The number of aromatic nitrogens is 2. The van der Waals surface area contributed by atoms with Crippen LogP contribution in [0.3, 0.4) is 0 Å². The highest BCUT2D eigenvalue weighted by molar-refractivity contribution is 14.0. The number of nitrogens with zero attached hydrogens (tertiary/aromatic N) is 3. The molecule has 0 saturated heterocycles. The highest BCUT2D eigenvalue weighted by Crippen LogP contribution is 2.11. The van der Waals surface area contributed by atoms with Gasteiger partial charge in [0.25, 0.3) is 0 Å². The summed E-state index contributed by atoms with van der Waals surface area (Å²) in [6.07, 6.45) is 1.85. The van der Waals surface area contributed by atoms with Gasteiger partial charge in [-0.1, -0.05) is 6.07 Å². The molecule has 3 N–H and O–H groups in total. The van der Waals surface area contributed by atoms with Gasteiger partial charge in [-0.25, -0.2) is 0 Å². The first-order valence-corrected chi connectivity index (χ1v) is 8.01. The van der Waals surface area contributed by atoms with Crippen LogP contribution in [-0.4, -0.2) is 28.8 Å². The molecule has 22 heavy (non-hydrogen) atoms. The lowest BCUT2D eigenvalue weighted by Gasteiger charge is -2.06. The summed E-state index contributed by atoms with van der Waals surface area (Å²) >= 11 is 1.76. The zero-order chi connectivity index (χ0) is 15.2. The Bertz CT molecular complexity index is 604. The van der Waals surface area contributed by atoms with E-state index < -0.39 is 0 Å². The summed E-state index contributed by atoms with van der Waals surface area (Å²) in [5, 5.41) is 9.67. The van der Waals surface area contributed by atoms with Crippen LogP contribution in [0, 0.1) is 13.8 Å². The number of aryl methyl sites for hydroxylation is 2. The molecule has 0 aliphatic carbocycles. The quantitative estimate of drug-likeness (QED) is 0.418. The number of nitrogens with one attached hydrogen (secondary N) is 1. The Morgan fingerprint density at radius 1 is 1.41 bits per heavy atom. The van der Waals surface area contributed by atoms with Crippen LogP contribution in [0.4, 0.5) is 0 Å². The minimum absolute atomic E-state index is 0. The molecular weight excluding hydrogens is 409 g/mol. The Hall–Kier alpha value is -1.09. The molecule has 2 aromatic heterocycles. The van der Waals surface area contributed by atoms with E-state index in [1.165, 1.54) is 16.1 Å². The summed E-state index contributed by atoms with van der Waals surface area (Å²) in [4.78, 5) is 5.69. The van der Waals surface area contributed by atoms with Crippen molar-refractivity contribution in [3.8, 4) is 0 Å². The second kappa shape index (κ2) is 9.14. The van der Waals surface area contributed by atoms with E-state index in [0.29, 0.717) is 5.96 Å². The van der Waals surface area contributed by atoms with Crippen molar-refractivity contribution in [2.24, 2.45) is 17.8 Å². The number of hydrogen-bond acceptors (Lipinski definition) is 3. The van der Waals surface area contributed by atoms with E-state index in [-0.39, 0.29) is 24.0 Å². The van der Waals surface area contributed by atoms with Crippen LogP contribution in [0.25, 0.3) is 0 Å². The van der Waals surface area contributed by atoms with Crippen molar-refractivity contribution in [1.82, 2.24) is 15.1 Å². The third kappa shape index (κ3) is 5.28. The number of nitrogens with two attached hydrogens (primary N) is 1. The number of hydrogen-bond donors (Lipinski definition) is 2. The first-order chi connectivity index (χ1) is 10.1. The van der Waals surface area contributed by atoms with Crippen molar-refractivity contribution in [2.45, 2.75) is 26.7 Å². The van der Waals surface area contributed by atoms with Crippen LogP contribution in [0.2, 0.25) is 0 Å². The van der Waals surface area contributed by atoms with Crippen LogP contribution >= 0.6 is 35.3 Å². The molecule has 0 spiro atoms. The molecule has 0 fully saturated rings. The maximum absolute atomic E-state index is 5.88. The summed E-state index contributed by atoms with van der Waals surface area (Å²) in [6.45, 7) is 5.64. The molecule has 0 saturated carbocycles. The zero-order valence-corrected chi connectivity index (χ0v) is 16.4. The predicted octanol–water partition coefficient (Wildman–Crippen LogP) is 2.41. The molecule has 5 nitrogen and oxygen atoms in total. The lowest BCUT2D eigenvalue weighted by Crippen LogP contribution is -2.33. The Morgan fingerprint density at radius 2 is 2.18 bits per heavy atom. The standard InChI is InChI=1S/C15H23N5S.HI/c1-11-14(12(2)20(3)19-11)7-9-18-15(16)17-8-6-13-5-4-10-21-13;/h4-5,10H,6-9H2,1-3H3,(H3,16,17,18);1H. The third-order valence-electron chi connectivity index (χ3n) is 3.56. The number of rotatable bonds is 6. The maximum Gasteiger partial charge on any atom is 0.188 e. The lowest BCUT2D eigenvalue weighted by molar-refractivity contribution is 0.729. The molecule has 0 unspecified atom stereocenters. The molecule has 0 bridgehead atoms. The van der Waals surface area contributed by atoms with Gasteiger partial charge in [0.2, 0.25) is 0 Å². The van der Waals surface area contributed by atoms with E-state index in [4.69, 9.17) is 5.73 Å². The summed E-state index contributed by atoms with van der Waals surface area (Å²) in [5.74, 6) is 0.519. The zero-order valence-electron chi connectivity index (χ0n) is 13.3. The molecule has 0 aliphatic heterocycles. The summed E-state index contributed by atoms with van der Waals surface area (Å²) in [5.41, 5.74) is 9.47. The van der Waals surface area contributed by atoms with Crippen molar-refractivity contribution < 1.29 is 0 Å². The van der Waals surface area contributed by atoms with Gasteiger partial charge in [0.15, 0.2) is 5.96 Å². The van der Waals surface area contributed by atoms with Gasteiger partial charge in [-0.15, -0.1) is 35.3 Å². The molecular formula is C15H24IN5S. The average molecular weight is 433 g/mol. The average Bonchev–Trinajstić information content (AvgIpc) is 3.03. The number of guanidine groups is 1. The molecule has 2 aromatic rings. The summed E-state index contributed by atoms with van der Waals surface area (Å²) in [7, 11) is 1.97. The number of halogens is 1. The van der Waals surface area contributed by atoms with Crippen LogP contribution in [-0.2, 0) is 19.9 Å². The van der Waals surface area contributed by atoms with Crippen molar-refractivity contribution in [1.29, 1.82) is 0 Å². The van der Waals surface area contributed by atoms with Gasteiger partial charge in [0, 0.05) is 37.1 Å². The van der Waals surface area contributed by atoms with Gasteiger partial charge in [0.05, 0.1) is 5.69 Å². The first-order valence-electron chi connectivity index (χ1n) is 7.13. The van der Waals surface area contributed by atoms with E-state index in [0.717, 1.165) is 31.6 Å². The van der Waals surface area contributed by atoms with Crippen LogP contribution in [0.15, 0.2) is 22.5 Å². The first kappa shape index (κ1) is 19.0. The van der Waals surface area contributed by atoms with E-state index in [1.54, 1.807) is 11.3 Å². The minimum atomic E-state index is 0. The van der Waals surface area contributed by atoms with Gasteiger partial charge >= 0.3 is 0 Å². The van der Waals surface area contributed by atoms with Gasteiger partial charge in [-0.05, 0) is 37.3 Å². The van der Waals surface area contributed by atoms with Crippen molar-refractivity contribution in [3.05, 3.63) is 39.3 Å². The molecule has 2 rings (SSSR count). The molecule has 0 atom stereocenters. The molecule has 0 aliphatic rings. The van der Waals surface area contributed by atoms with E-state index in [9.17, 15) is 0 Å². The maximum atomic E-state index is 5.88. The van der Waals surface area contributed by atoms with Crippen LogP contribution in [0.1, 0.15) is 21.8 Å². The van der Waals surface area contributed by atoms with E-state index in [1.807, 2.05) is 18.7 Å². The normalized spacial score (nSPS) is 11.3. The van der Waals surface area contributed by atoms with Gasteiger partial charge in [-0.3, -0.25) is 9.67 Å². The van der Waals surface area contributed by atoms with Gasteiger partial charge in [0.1, 0.15) is 0 Å². The monoisotopic (exact) mass is 433 g/mol. The fraction of sp³-hybridized carbons (Fsp3) is 0.467. The molecule has 7 heteroatoms. The fourth-order valence-electron chi connectivity index (χ4n) is 2.29. The van der Waals surface area contributed by atoms with Gasteiger partial charge in [-0.2, -0.15) is 5.10 Å². The Morgan fingerprint density at radius 3 is 2.77 bits per heavy atom. The number of thiophene rings is 1. The second-order valence-electron chi connectivity index (χ2n) is 5.05. The Labute approximate surface area is 153 Å². The van der Waals surface area contributed by atoms with Crippen molar-refractivity contribution in [2.75, 3.05) is 13.1 Å². The van der Waals surface area contributed by atoms with E-state index in [2.05, 4.69) is 39.8 Å². The molecule has 2 heterocycles. The topological polar surface area (TPSA) is 68.2 Å². The summed E-state index contributed by atoms with van der Waals surface area (Å²) < 4.78 is 1.92. The smallest absolute Gasteiger partial charge is 0.188 e. The van der Waals surface area contributed by atoms with E-state index >= 15 is 0 Å². The van der Waals surface area contributed by atoms with Crippen LogP contribution < -0.4 is 11.1 Å². The molecule has 122 valence electrons. The van der Waals surface area contributed by atoms with Crippen LogP contribution in [0.5, 0.6) is 0 Å². The largest absolute Gasteiger partial charge is 0.370 e. The second-order valence-corrected chi connectivity index (χ2v) is 6.08. The molecule has 0 aromatic carbocycles. The predicted molar refractivity (Wildman–Crippen MR) is 104 cm³/mol. The number of aliphatic imine (C=N–C) groups is 1. The third-order valence-corrected chi connectivity index (χ3v) is 4.50. The lowest BCUT2D eigenvalue weighted by atomic mass is 10.1. The van der Waals surface area contributed by atoms with Crippen molar-refractivity contribution >= 4 is 41.3 Å². The Balaban J connectivity index is 0.00000242. The molecule has 0 radical (unpaired) electrons. The SMILES string of the molecule is Cc1nn(C)c(C)c1CCNC(N)=NCCc1cccs1.I. The highest BCUT2D eigenvalue weighted by Gasteiger charge is 2.08. The van der Waals surface area contributed by atoms with Crippen molar-refractivity contribution in [3.63, 3.8) is 0 Å². The van der Waals surface area contributed by atoms with Gasteiger partial charge < -0.3 is 11.1 Å². The Kier molecular flexibility index (Phi) is 7.88. The highest BCUT2D eigenvalue weighted by atomic mass is 127. The molecule has 0 amide bonds.